The Labute approximate surface area is 474 Å². The number of amides is 7. The van der Waals surface area contributed by atoms with E-state index in [-0.39, 0.29) is 72.8 Å². The van der Waals surface area contributed by atoms with Crippen molar-refractivity contribution in [2.45, 2.75) is 172 Å². The average Bonchev–Trinajstić information content (AvgIpc) is 4.10. The highest BCUT2D eigenvalue weighted by atomic mass is 28.3. The summed E-state index contributed by atoms with van der Waals surface area (Å²) in [5.41, 5.74) is 7.43. The van der Waals surface area contributed by atoms with Crippen LogP contribution in [-0.4, -0.2) is 128 Å². The lowest BCUT2D eigenvalue weighted by Crippen LogP contribution is -2.59. The van der Waals surface area contributed by atoms with Gasteiger partial charge in [-0.3, -0.25) is 33.6 Å². The molecule has 0 aromatic heterocycles. The van der Waals surface area contributed by atoms with Gasteiger partial charge in [-0.1, -0.05) is 119 Å². The topological polar surface area (TPSA) is 210 Å². The number of fused-ring (bicyclic) bond motifs is 2. The maximum Gasteiger partial charge on any atom is 0.251 e. The number of nitrogens with one attached hydrogen (secondary N) is 7. The van der Waals surface area contributed by atoms with Crippen molar-refractivity contribution < 1.29 is 33.6 Å². The van der Waals surface area contributed by atoms with E-state index in [0.29, 0.717) is 30.6 Å². The molecule has 4 aromatic rings. The highest BCUT2D eigenvalue weighted by Crippen LogP contribution is 2.34. The van der Waals surface area contributed by atoms with E-state index >= 15 is 0 Å². The largest absolute Gasteiger partial charge is 0.348 e. The van der Waals surface area contributed by atoms with Gasteiger partial charge in [-0.15, -0.1) is 0 Å². The highest BCUT2D eigenvalue weighted by molar-refractivity contribution is 6.79. The van der Waals surface area contributed by atoms with Crippen LogP contribution in [0.15, 0.2) is 97.1 Å². The highest BCUT2D eigenvalue weighted by Gasteiger charge is 2.48. The van der Waals surface area contributed by atoms with Crippen LogP contribution in [0.2, 0.25) is 19.1 Å². The number of rotatable bonds is 19. The van der Waals surface area contributed by atoms with Gasteiger partial charge in [0.2, 0.25) is 35.4 Å². The van der Waals surface area contributed by atoms with Gasteiger partial charge in [0.25, 0.3) is 5.91 Å². The third-order valence-corrected chi connectivity index (χ3v) is 19.6. The lowest BCUT2D eigenvalue weighted by molar-refractivity contribution is -0.144. The van der Waals surface area contributed by atoms with Gasteiger partial charge in [0.15, 0.2) is 0 Å². The fourth-order valence-electron chi connectivity index (χ4n) is 12.0. The van der Waals surface area contributed by atoms with Gasteiger partial charge in [0.05, 0.1) is 32.2 Å². The van der Waals surface area contributed by atoms with Crippen molar-refractivity contribution in [1.82, 2.24) is 47.0 Å². The predicted octanol–water partition coefficient (Wildman–Crippen LogP) is 5.79. The number of benzene rings is 4. The summed E-state index contributed by atoms with van der Waals surface area (Å²) < 4.78 is 0. The molecule has 2 aliphatic heterocycles. The molecule has 0 spiro atoms. The Bertz CT molecular complexity index is 2890. The first-order valence-corrected chi connectivity index (χ1v) is 32.3. The van der Waals surface area contributed by atoms with Crippen molar-refractivity contribution in [3.05, 3.63) is 142 Å². The summed E-state index contributed by atoms with van der Waals surface area (Å²) in [6.45, 7) is 13.6. The molecule has 428 valence electrons. The molecule has 16 nitrogen and oxygen atoms in total. The summed E-state index contributed by atoms with van der Waals surface area (Å²) in [7, 11) is 1.41. The third-order valence-electron chi connectivity index (χ3n) is 16.9. The Morgan fingerprint density at radius 3 is 1.65 bits per heavy atom. The van der Waals surface area contributed by atoms with Crippen LogP contribution in [0.5, 0.6) is 0 Å². The summed E-state index contributed by atoms with van der Waals surface area (Å²) in [6.07, 6.45) is 7.87. The summed E-state index contributed by atoms with van der Waals surface area (Å²) in [4.78, 5) is 102. The monoisotopic (exact) mass is 1110 g/mol. The van der Waals surface area contributed by atoms with Crippen LogP contribution in [0.4, 0.5) is 0 Å². The molecule has 80 heavy (non-hydrogen) atoms. The molecule has 0 unspecified atom stereocenters. The lowest BCUT2D eigenvalue weighted by atomic mass is 9.85. The number of likely N-dealkylation sites (tertiary alicyclic amines) is 1. The Morgan fingerprint density at radius 2 is 1.11 bits per heavy atom. The predicted molar refractivity (Wildman–Crippen MR) is 314 cm³/mol. The fraction of sp³-hybridized carbons (Fsp3) is 0.508. The standard InChI is InChI=1S/C63H85N9O7Si/c1-39(64-6)56(73)69-52(61(78)72-38-80(8,9)37-54(72)60(77)68-51-23-15-19-45-17-11-13-21-49(45)51)34-43-28-26-41(27-29-43)24-25-42-30-32-46(33-31-42)58(75)66-47-35-53(59(76)67-50-22-14-18-44-16-10-12-20-48(44)50)71(36-47)62(79)55(63(3,4)5)70-57(74)40(2)65-7/h10-13,16-17,20-21,26-33,39-40,47,50-55,64-65H,14-15,18-19,22-25,34-38H2,1-9H3,(H,66,75)(H,67,76)(H,68,77)(H,69,73)(H,70,74)/t39-,40-,47-,50+,51+,52-,53-,54-,55+/m0/s1. The minimum atomic E-state index is -1.97. The Kier molecular flexibility index (Phi) is 19.2. The van der Waals surface area contributed by atoms with E-state index in [1.807, 2.05) is 87.5 Å². The first-order chi connectivity index (χ1) is 38.1. The van der Waals surface area contributed by atoms with Crippen LogP contribution in [-0.2, 0) is 60.9 Å². The van der Waals surface area contributed by atoms with Crippen LogP contribution in [0.25, 0.3) is 0 Å². The number of hydrogen-bond acceptors (Lipinski definition) is 9. The molecule has 7 amide bonds. The molecule has 7 N–H and O–H groups in total. The quantitative estimate of drug-likeness (QED) is 0.0566. The average molecular weight is 1110 g/mol. The number of carbonyl (C=O) groups is 7. The number of carbonyl (C=O) groups excluding carboxylic acids is 7. The fourth-order valence-corrected chi connectivity index (χ4v) is 14.9. The molecule has 0 bridgehead atoms. The molecule has 8 rings (SSSR count). The summed E-state index contributed by atoms with van der Waals surface area (Å²) >= 11 is 0. The van der Waals surface area contributed by atoms with Crippen molar-refractivity contribution in [2.75, 3.05) is 26.8 Å². The number of nitrogens with zero attached hydrogens (tertiary/aromatic N) is 2. The van der Waals surface area contributed by atoms with Crippen molar-refractivity contribution in [3.8, 4) is 0 Å². The second-order valence-corrected chi connectivity index (χ2v) is 29.7. The van der Waals surface area contributed by atoms with Gasteiger partial charge in [-0.25, -0.2) is 0 Å². The molecule has 2 fully saturated rings. The van der Waals surface area contributed by atoms with E-state index in [4.69, 9.17) is 0 Å². The van der Waals surface area contributed by atoms with Crippen molar-refractivity contribution in [1.29, 1.82) is 0 Å². The van der Waals surface area contributed by atoms with E-state index in [0.717, 1.165) is 66.3 Å². The van der Waals surface area contributed by atoms with Gasteiger partial charge in [-0.05, 0) is 148 Å². The van der Waals surface area contributed by atoms with E-state index in [1.54, 1.807) is 45.0 Å². The maximum absolute atomic E-state index is 14.7. The van der Waals surface area contributed by atoms with Crippen molar-refractivity contribution >= 4 is 49.4 Å². The second kappa shape index (κ2) is 25.8. The zero-order valence-corrected chi connectivity index (χ0v) is 49.4. The Balaban J connectivity index is 0.899. The lowest BCUT2D eigenvalue weighted by Gasteiger charge is -2.36. The van der Waals surface area contributed by atoms with Gasteiger partial charge in [-0.2, -0.15) is 0 Å². The molecule has 9 atom stereocenters. The molecule has 0 saturated carbocycles. The van der Waals surface area contributed by atoms with Gasteiger partial charge < -0.3 is 47.0 Å². The minimum absolute atomic E-state index is 0.0971. The first-order valence-electron chi connectivity index (χ1n) is 28.9. The number of likely N-dealkylation sites (N-methyl/N-ethyl adjacent to an activating group) is 2. The van der Waals surface area contributed by atoms with E-state index in [2.05, 4.69) is 68.5 Å². The number of aryl methyl sites for hydroxylation is 4. The second-order valence-electron chi connectivity index (χ2n) is 24.7. The molecule has 0 radical (unpaired) electrons. The molecule has 2 saturated heterocycles. The normalized spacial score (nSPS) is 21.9. The molecule has 4 aromatic carbocycles. The smallest absolute Gasteiger partial charge is 0.251 e. The van der Waals surface area contributed by atoms with Crippen LogP contribution in [0.3, 0.4) is 0 Å². The van der Waals surface area contributed by atoms with Crippen LogP contribution < -0.4 is 37.2 Å². The van der Waals surface area contributed by atoms with E-state index < -0.39 is 55.8 Å². The molecule has 4 aliphatic rings. The van der Waals surface area contributed by atoms with Gasteiger partial charge in [0.1, 0.15) is 24.2 Å². The summed E-state index contributed by atoms with van der Waals surface area (Å²) in [5, 5.41) is 21.6. The zero-order valence-electron chi connectivity index (χ0n) is 48.4. The maximum atomic E-state index is 14.7. The third kappa shape index (κ3) is 14.4. The molecule has 2 heterocycles. The Hall–Kier alpha value is -6.69. The Morgan fingerprint density at radius 1 is 0.613 bits per heavy atom. The minimum Gasteiger partial charge on any atom is -0.348 e. The summed E-state index contributed by atoms with van der Waals surface area (Å²) in [5.74, 6) is -1.98. The molecule has 17 heteroatoms. The van der Waals surface area contributed by atoms with E-state index in [1.165, 1.54) is 16.0 Å². The van der Waals surface area contributed by atoms with Gasteiger partial charge >= 0.3 is 0 Å². The van der Waals surface area contributed by atoms with Gasteiger partial charge in [0, 0.05) is 30.7 Å². The van der Waals surface area contributed by atoms with Crippen LogP contribution >= 0.6 is 0 Å². The summed E-state index contributed by atoms with van der Waals surface area (Å²) in [6, 6.07) is 27.3. The van der Waals surface area contributed by atoms with Crippen LogP contribution in [0, 0.1) is 5.41 Å². The SMILES string of the molecule is CN[C@@H](C)C(=O)N[C@@H](Cc1ccc(CCc2ccc(C(=O)N[C@H]3C[C@@H](C(=O)N[C@@H]4CCCc5ccccc54)N(C(=O)[C@@H](NC(=O)[C@H](C)NC)C(C)(C)C)C3)cc2)cc1)C(=O)N1C[Si](C)(C)C[C@H]1C(=O)N[C@@H]1CCCc2ccccc21. The molecule has 2 aliphatic carbocycles. The first kappa shape index (κ1) is 59.4. The van der Waals surface area contributed by atoms with Crippen LogP contribution in [0.1, 0.15) is 128 Å². The molecular weight excluding hydrogens is 1020 g/mol. The van der Waals surface area contributed by atoms with E-state index in [9.17, 15) is 33.6 Å². The number of hydrogen-bond donors (Lipinski definition) is 7. The van der Waals surface area contributed by atoms with Crippen molar-refractivity contribution in [3.63, 3.8) is 0 Å². The zero-order chi connectivity index (χ0) is 57.5. The van der Waals surface area contributed by atoms with Crippen molar-refractivity contribution in [2.24, 2.45) is 5.41 Å². The molecular formula is C63H85N9O7Si.